The minimum atomic E-state index is 0. The van der Waals surface area contributed by atoms with E-state index in [-0.39, 0.29) is 33.8 Å². The second kappa shape index (κ2) is 9.25. The molecule has 0 aromatic carbocycles. The first-order valence-corrected chi connectivity index (χ1v) is 4.50. The van der Waals surface area contributed by atoms with Crippen LogP contribution >= 0.6 is 0 Å². The van der Waals surface area contributed by atoms with Gasteiger partial charge in [0, 0.05) is 8.80 Å². The fourth-order valence-corrected chi connectivity index (χ4v) is 0. The van der Waals surface area contributed by atoms with Crippen molar-refractivity contribution in [3.63, 3.8) is 0 Å². The second-order valence-electron chi connectivity index (χ2n) is 1.50. The van der Waals surface area contributed by atoms with E-state index in [9.17, 15) is 0 Å². The Morgan fingerprint density at radius 3 is 1.00 bits per heavy atom. The van der Waals surface area contributed by atoms with E-state index < -0.39 is 0 Å². The van der Waals surface area contributed by atoms with Crippen molar-refractivity contribution in [2.24, 2.45) is 0 Å². The van der Waals surface area contributed by atoms with Gasteiger partial charge in [-0.25, -0.2) is 0 Å². The zero-order valence-electron chi connectivity index (χ0n) is 4.62. The third-order valence-electron chi connectivity index (χ3n) is 0. The first-order valence-electron chi connectivity index (χ1n) is 1.50. The van der Waals surface area contributed by atoms with E-state index in [0.29, 0.717) is 0 Å². The first kappa shape index (κ1) is 15.8. The van der Waals surface area contributed by atoms with Crippen LogP contribution in [-0.2, 0) is 25.0 Å². The van der Waals surface area contributed by atoms with E-state index in [1.807, 2.05) is 0 Å². The summed E-state index contributed by atoms with van der Waals surface area (Å²) >= 11 is 0. The van der Waals surface area contributed by atoms with Crippen LogP contribution in [-0.4, -0.2) is 8.80 Å². The molecule has 0 fully saturated rings. The fourth-order valence-electron chi connectivity index (χ4n) is 0. The predicted molar refractivity (Wildman–Crippen MR) is 24.0 cm³/mol. The summed E-state index contributed by atoms with van der Waals surface area (Å²) in [5.74, 6) is 0. The fraction of sp³-hybridized carbons (Fsp3) is 1.00. The zero-order valence-corrected chi connectivity index (χ0v) is 8.58. The normalized spacial score (nSPS) is 6.00. The summed E-state index contributed by atoms with van der Waals surface area (Å²) in [5, 5.41) is 0. The number of hydrogen-bond donors (Lipinski definition) is 0. The molecular formula is C3H9OSiZn. The SMILES string of the molecule is C[Si](C)C.[O-2].[Zn+2]. The molecule has 1 radical (unpaired) electrons. The Morgan fingerprint density at radius 2 is 1.00 bits per heavy atom. The molecular weight excluding hydrogens is 146 g/mol. The molecule has 3 heteroatoms. The van der Waals surface area contributed by atoms with Gasteiger partial charge in [0.25, 0.3) is 0 Å². The van der Waals surface area contributed by atoms with Gasteiger partial charge in [-0.3, -0.25) is 0 Å². The van der Waals surface area contributed by atoms with Gasteiger partial charge in [0.15, 0.2) is 0 Å². The summed E-state index contributed by atoms with van der Waals surface area (Å²) in [6, 6.07) is 0. The van der Waals surface area contributed by atoms with Crippen LogP contribution < -0.4 is 0 Å². The molecule has 6 heavy (non-hydrogen) atoms. The van der Waals surface area contributed by atoms with Crippen LogP contribution in [0.1, 0.15) is 0 Å². The Hall–Kier alpha value is 0.800. The molecule has 0 N–H and O–H groups in total. The molecule has 0 heterocycles. The maximum Gasteiger partial charge on any atom is 2.00 e. The molecule has 0 bridgehead atoms. The maximum atomic E-state index is 2.27. The van der Waals surface area contributed by atoms with Gasteiger partial charge in [0.05, 0.1) is 0 Å². The molecule has 0 atom stereocenters. The van der Waals surface area contributed by atoms with Crippen LogP contribution in [0.25, 0.3) is 0 Å². The van der Waals surface area contributed by atoms with Gasteiger partial charge in [-0.1, -0.05) is 19.6 Å². The largest absolute Gasteiger partial charge is 2.00 e. The number of hydrogen-bond acceptors (Lipinski definition) is 0. The van der Waals surface area contributed by atoms with Gasteiger partial charge in [-0.2, -0.15) is 0 Å². The molecule has 0 aliphatic heterocycles. The smallest absolute Gasteiger partial charge is 2.00 e. The van der Waals surface area contributed by atoms with Crippen LogP contribution in [0.3, 0.4) is 0 Å². The summed E-state index contributed by atoms with van der Waals surface area (Å²) in [4.78, 5) is 0. The average molecular weight is 155 g/mol. The van der Waals surface area contributed by atoms with Crippen molar-refractivity contribution in [1.82, 2.24) is 0 Å². The van der Waals surface area contributed by atoms with Crippen molar-refractivity contribution >= 4 is 8.80 Å². The topological polar surface area (TPSA) is 28.5 Å². The summed E-state index contributed by atoms with van der Waals surface area (Å²) in [7, 11) is 0.120. The number of rotatable bonds is 0. The second-order valence-corrected chi connectivity index (χ2v) is 4.50. The Bertz CT molecular complexity index is 15.5. The minimum absolute atomic E-state index is 0. The van der Waals surface area contributed by atoms with Crippen molar-refractivity contribution in [2.75, 3.05) is 0 Å². The third kappa shape index (κ3) is 108. The van der Waals surface area contributed by atoms with E-state index in [0.717, 1.165) is 0 Å². The van der Waals surface area contributed by atoms with Crippen molar-refractivity contribution in [3.05, 3.63) is 0 Å². The average Bonchev–Trinajstić information content (AvgIpc) is 0.811. The molecule has 0 unspecified atom stereocenters. The Labute approximate surface area is 53.8 Å². The Kier molecular flexibility index (Phi) is 24.4. The molecule has 33 valence electrons. The summed E-state index contributed by atoms with van der Waals surface area (Å²) in [5.41, 5.74) is 0. The van der Waals surface area contributed by atoms with Gasteiger partial charge in [-0.05, 0) is 0 Å². The van der Waals surface area contributed by atoms with Crippen molar-refractivity contribution < 1.29 is 25.0 Å². The van der Waals surface area contributed by atoms with E-state index in [1.54, 1.807) is 0 Å². The van der Waals surface area contributed by atoms with Crippen LogP contribution in [0.4, 0.5) is 0 Å². The standard InChI is InChI=1S/C3H9Si.O.Zn/c1-4(2)3;;/h1-3H3;;/q;-2;+2. The van der Waals surface area contributed by atoms with E-state index in [2.05, 4.69) is 19.6 Å². The summed E-state index contributed by atoms with van der Waals surface area (Å²) < 4.78 is 0. The van der Waals surface area contributed by atoms with Crippen LogP contribution in [0.15, 0.2) is 0 Å². The van der Waals surface area contributed by atoms with Crippen LogP contribution in [0.5, 0.6) is 0 Å². The summed E-state index contributed by atoms with van der Waals surface area (Å²) in [6.45, 7) is 6.81. The van der Waals surface area contributed by atoms with E-state index in [4.69, 9.17) is 0 Å². The molecule has 0 aliphatic rings. The van der Waals surface area contributed by atoms with Gasteiger partial charge < -0.3 is 5.48 Å². The molecule has 0 amide bonds. The molecule has 0 spiro atoms. The minimum Gasteiger partial charge on any atom is -2.00 e. The molecule has 0 rings (SSSR count). The van der Waals surface area contributed by atoms with Crippen molar-refractivity contribution in [1.29, 1.82) is 0 Å². The molecule has 0 aromatic heterocycles. The van der Waals surface area contributed by atoms with E-state index >= 15 is 0 Å². The quantitative estimate of drug-likeness (QED) is 0.470. The van der Waals surface area contributed by atoms with E-state index in [1.165, 1.54) is 0 Å². The van der Waals surface area contributed by atoms with Gasteiger partial charge in [-0.15, -0.1) is 0 Å². The van der Waals surface area contributed by atoms with Gasteiger partial charge in [0.2, 0.25) is 0 Å². The molecule has 1 nitrogen and oxygen atoms in total. The third-order valence-corrected chi connectivity index (χ3v) is 0. The molecule has 0 aliphatic carbocycles. The molecule has 0 saturated carbocycles. The zero-order chi connectivity index (χ0) is 3.58. The predicted octanol–water partition coefficient (Wildman–Crippen LogP) is 1.25. The van der Waals surface area contributed by atoms with Crippen molar-refractivity contribution in [2.45, 2.75) is 19.6 Å². The van der Waals surface area contributed by atoms with Crippen LogP contribution in [0, 0.1) is 0 Å². The van der Waals surface area contributed by atoms with Crippen molar-refractivity contribution in [3.8, 4) is 0 Å². The van der Waals surface area contributed by atoms with Crippen LogP contribution in [0.2, 0.25) is 19.6 Å². The summed E-state index contributed by atoms with van der Waals surface area (Å²) in [6.07, 6.45) is 0. The Morgan fingerprint density at radius 1 is 1.00 bits per heavy atom. The van der Waals surface area contributed by atoms with Gasteiger partial charge >= 0.3 is 19.5 Å². The molecule has 0 aromatic rings. The van der Waals surface area contributed by atoms with Gasteiger partial charge in [0.1, 0.15) is 0 Å². The monoisotopic (exact) mass is 153 g/mol. The molecule has 0 saturated heterocycles. The first-order chi connectivity index (χ1) is 1.73. The Balaban J connectivity index is -0.0000000450. The maximum absolute atomic E-state index is 2.27.